The van der Waals surface area contributed by atoms with Gasteiger partial charge in [0.25, 0.3) is 11.8 Å². The number of carboxylic acids is 1. The van der Waals surface area contributed by atoms with Gasteiger partial charge < -0.3 is 19.6 Å². The van der Waals surface area contributed by atoms with Gasteiger partial charge in [0.1, 0.15) is 28.0 Å². The van der Waals surface area contributed by atoms with E-state index in [0.29, 0.717) is 36.6 Å². The molecular weight excluding hydrogens is 624 g/mol. The highest BCUT2D eigenvalue weighted by Crippen LogP contribution is 2.35. The number of anilines is 1. The van der Waals surface area contributed by atoms with Crippen molar-refractivity contribution >= 4 is 53.5 Å². The number of imide groups is 1. The number of amides is 2. The van der Waals surface area contributed by atoms with Crippen LogP contribution in [0.25, 0.3) is 5.57 Å². The second-order valence-corrected chi connectivity index (χ2v) is 17.2. The minimum absolute atomic E-state index is 0.0410. The molecule has 0 bridgehead atoms. The van der Waals surface area contributed by atoms with E-state index >= 15 is 0 Å². The standard InChI is InChI=1S/C35H33F2N3O6Si/c1-47(2)29-18-27-20(7-11-38(27)13-9-36)15-25(29)33(26-16-21-8-12-39(14-10-37)28(21)19-30(26)47)24-17-22(3-4-23(24)34(43)44)35(45)46-40-31(41)5-6-32(40)42/h3-4,15-19H,5-14H2,1-2H3. The number of rotatable bonds is 8. The van der Waals surface area contributed by atoms with Crippen molar-refractivity contribution in [3.8, 4) is 0 Å². The summed E-state index contributed by atoms with van der Waals surface area (Å²) < 4.78 is 29.1. The number of nitrogens with zero attached hydrogens (tertiary/aromatic N) is 3. The molecule has 1 saturated heterocycles. The van der Waals surface area contributed by atoms with Crippen molar-refractivity contribution in [2.24, 2.45) is 0 Å². The van der Waals surface area contributed by atoms with E-state index in [9.17, 15) is 33.1 Å². The first-order valence-corrected chi connectivity index (χ1v) is 18.8. The van der Waals surface area contributed by atoms with Gasteiger partial charge in [-0.25, -0.2) is 18.2 Å². The first-order valence-electron chi connectivity index (χ1n) is 15.8. The molecule has 0 N–H and O–H groups in total. The highest BCUT2D eigenvalue weighted by Gasteiger charge is 2.39. The number of hydrogen-bond acceptors (Lipinski definition) is 7. The molecule has 0 radical (unpaired) electrons. The van der Waals surface area contributed by atoms with Gasteiger partial charge in [-0.3, -0.25) is 9.59 Å². The van der Waals surface area contributed by atoms with Crippen molar-refractivity contribution in [2.45, 2.75) is 38.8 Å². The van der Waals surface area contributed by atoms with E-state index in [-0.39, 0.29) is 42.6 Å². The van der Waals surface area contributed by atoms with Crippen LogP contribution in [0.2, 0.25) is 13.1 Å². The maximum absolute atomic E-state index is 13.5. The highest BCUT2D eigenvalue weighted by atomic mass is 28.3. The summed E-state index contributed by atoms with van der Waals surface area (Å²) in [6.07, 6.45) is 1.27. The number of carbonyl (C=O) groups is 4. The molecule has 2 amide bonds. The number of aromatic carboxylic acids is 1. The van der Waals surface area contributed by atoms with Crippen molar-refractivity contribution in [1.82, 2.24) is 9.64 Å². The van der Waals surface area contributed by atoms with Gasteiger partial charge in [-0.15, -0.1) is 5.06 Å². The van der Waals surface area contributed by atoms with Gasteiger partial charge in [0.15, 0.2) is 6.54 Å². The van der Waals surface area contributed by atoms with Crippen LogP contribution in [0.3, 0.4) is 0 Å². The molecule has 0 atom stereocenters. The number of hydrogen-bond donors (Lipinski definition) is 0. The van der Waals surface area contributed by atoms with Crippen LogP contribution < -0.4 is 35.5 Å². The zero-order valence-corrected chi connectivity index (χ0v) is 27.2. The molecule has 0 unspecified atom stereocenters. The Labute approximate surface area is 270 Å². The number of carbonyl (C=O) groups excluding carboxylic acids is 4. The minimum Gasteiger partial charge on any atom is -0.545 e. The molecule has 0 spiro atoms. The number of benzene rings is 3. The van der Waals surface area contributed by atoms with Crippen molar-refractivity contribution in [1.29, 1.82) is 0 Å². The summed E-state index contributed by atoms with van der Waals surface area (Å²) in [6.45, 7) is 5.35. The van der Waals surface area contributed by atoms with Gasteiger partial charge in [-0.05, 0) is 74.6 Å². The van der Waals surface area contributed by atoms with E-state index in [1.54, 1.807) is 0 Å². The van der Waals surface area contributed by atoms with Gasteiger partial charge in [0.2, 0.25) is 5.36 Å². The highest BCUT2D eigenvalue weighted by molar-refractivity contribution is 7.01. The SMILES string of the molecule is C[Si]1(C)c2cc3c(cc2C(c2cc(C(=O)ON4C(=O)CCC4=O)ccc2C(=O)[O-])=c2cc4c(cc21)=[N+](CCF)CC4)CCN3CCF. The second-order valence-electron chi connectivity index (χ2n) is 12.9. The minimum atomic E-state index is -2.52. The first kappa shape index (κ1) is 30.9. The summed E-state index contributed by atoms with van der Waals surface area (Å²) in [5.74, 6) is -3.66. The predicted octanol–water partition coefficient (Wildman–Crippen LogP) is 0.00290. The first-order chi connectivity index (χ1) is 22.5. The summed E-state index contributed by atoms with van der Waals surface area (Å²) in [6, 6.07) is 12.4. The molecular formula is C35H33F2N3O6Si. The molecule has 0 aliphatic carbocycles. The molecule has 9 nitrogen and oxygen atoms in total. The Hall–Kier alpha value is -4.71. The molecule has 4 aliphatic heterocycles. The van der Waals surface area contributed by atoms with Gasteiger partial charge in [0.05, 0.1) is 11.5 Å². The summed E-state index contributed by atoms with van der Waals surface area (Å²) in [5, 5.41) is 17.0. The molecule has 12 heteroatoms. The van der Waals surface area contributed by atoms with Crippen molar-refractivity contribution in [2.75, 3.05) is 44.4 Å². The second kappa shape index (κ2) is 11.5. The molecule has 3 aromatic carbocycles. The maximum atomic E-state index is 13.5. The smallest absolute Gasteiger partial charge is 0.363 e. The van der Waals surface area contributed by atoms with Crippen LogP contribution >= 0.6 is 0 Å². The Kier molecular flexibility index (Phi) is 7.57. The van der Waals surface area contributed by atoms with Crippen molar-refractivity contribution < 1.29 is 37.9 Å². The van der Waals surface area contributed by atoms with E-state index < -0.39 is 45.2 Å². The lowest BCUT2D eigenvalue weighted by molar-refractivity contribution is -0.255. The average Bonchev–Trinajstić information content (AvgIpc) is 3.73. The van der Waals surface area contributed by atoms with E-state index in [1.807, 2.05) is 9.48 Å². The van der Waals surface area contributed by atoms with Crippen molar-refractivity contribution in [3.63, 3.8) is 0 Å². The van der Waals surface area contributed by atoms with Crippen LogP contribution in [0.1, 0.15) is 55.8 Å². The summed E-state index contributed by atoms with van der Waals surface area (Å²) >= 11 is 0. The van der Waals surface area contributed by atoms with E-state index in [2.05, 4.69) is 37.4 Å². The van der Waals surface area contributed by atoms with Crippen LogP contribution in [0.4, 0.5) is 14.5 Å². The normalized spacial score (nSPS) is 17.5. The zero-order valence-electron chi connectivity index (χ0n) is 26.2. The Morgan fingerprint density at radius 3 is 2.38 bits per heavy atom. The third kappa shape index (κ3) is 4.97. The van der Waals surface area contributed by atoms with Gasteiger partial charge >= 0.3 is 5.97 Å². The monoisotopic (exact) mass is 657 g/mol. The maximum Gasteiger partial charge on any atom is 0.363 e. The molecule has 242 valence electrons. The van der Waals surface area contributed by atoms with E-state index in [4.69, 9.17) is 4.84 Å². The number of carboxylic acid groups (broad SMARTS) is 1. The predicted molar refractivity (Wildman–Crippen MR) is 170 cm³/mol. The molecule has 47 heavy (non-hydrogen) atoms. The zero-order chi connectivity index (χ0) is 33.2. The fourth-order valence-electron chi connectivity index (χ4n) is 7.55. The molecule has 0 saturated carbocycles. The lowest BCUT2D eigenvalue weighted by Crippen LogP contribution is -2.64. The number of fused-ring (bicyclic) bond motifs is 4. The van der Waals surface area contributed by atoms with Gasteiger partial charge in [-0.1, -0.05) is 19.2 Å². The Balaban J connectivity index is 1.51. The van der Waals surface area contributed by atoms with E-state index in [0.717, 1.165) is 43.3 Å². The summed E-state index contributed by atoms with van der Waals surface area (Å²) in [5.41, 5.74) is 4.52. The lowest BCUT2D eigenvalue weighted by Gasteiger charge is -2.34. The van der Waals surface area contributed by atoms with Crippen LogP contribution in [0.5, 0.6) is 0 Å². The van der Waals surface area contributed by atoms with Crippen molar-refractivity contribution in [3.05, 3.63) is 86.4 Å². The third-order valence-corrected chi connectivity index (χ3v) is 13.5. The lowest BCUT2D eigenvalue weighted by atomic mass is 9.88. The number of alkyl halides is 2. The number of hydroxylamine groups is 2. The summed E-state index contributed by atoms with van der Waals surface area (Å²) in [4.78, 5) is 57.5. The van der Waals surface area contributed by atoms with E-state index in [1.165, 1.54) is 18.2 Å². The summed E-state index contributed by atoms with van der Waals surface area (Å²) in [7, 11) is -2.52. The Bertz CT molecular complexity index is 2030. The largest absolute Gasteiger partial charge is 0.545 e. The molecule has 4 aliphatic rings. The number of halogens is 2. The Morgan fingerprint density at radius 2 is 1.68 bits per heavy atom. The van der Waals surface area contributed by atoms with Gasteiger partial charge in [-0.2, -0.15) is 0 Å². The molecule has 7 rings (SSSR count). The van der Waals surface area contributed by atoms with Crippen LogP contribution in [-0.2, 0) is 27.3 Å². The molecule has 3 aromatic rings. The van der Waals surface area contributed by atoms with Gasteiger partial charge in [0, 0.05) is 55.2 Å². The fourth-order valence-corrected chi connectivity index (χ4v) is 10.6. The van der Waals surface area contributed by atoms with Crippen LogP contribution in [-0.4, -0.2) is 76.4 Å². The quantitative estimate of drug-likeness (QED) is 0.191. The Morgan fingerprint density at radius 1 is 0.915 bits per heavy atom. The fraction of sp³-hybridized carbons (Fsp3) is 0.343. The topological polar surface area (TPSA) is 110 Å². The van der Waals surface area contributed by atoms with Crippen LogP contribution in [0, 0.1) is 0 Å². The molecule has 1 fully saturated rings. The third-order valence-electron chi connectivity index (χ3n) is 9.94. The van der Waals surface area contributed by atoms with Crippen LogP contribution in [0.15, 0.2) is 42.5 Å². The molecule has 0 aromatic heterocycles. The average molecular weight is 658 g/mol. The molecule has 4 heterocycles.